The lowest BCUT2D eigenvalue weighted by molar-refractivity contribution is 0.488. The van der Waals surface area contributed by atoms with Crippen LogP contribution in [0.15, 0.2) is 18.2 Å². The fraction of sp³-hybridized carbons (Fsp3) is 0.455. The Morgan fingerprint density at radius 3 is 2.07 bits per heavy atom. The highest BCUT2D eigenvalue weighted by Crippen LogP contribution is 2.30. The highest BCUT2D eigenvalue weighted by molar-refractivity contribution is 6.34. The minimum Gasteiger partial charge on any atom is -0.330 e. The van der Waals surface area contributed by atoms with Gasteiger partial charge in [-0.3, -0.25) is 0 Å². The number of rotatable bonds is 3. The molecule has 0 amide bonds. The van der Waals surface area contributed by atoms with Crippen molar-refractivity contribution in [2.24, 2.45) is 5.73 Å². The summed E-state index contributed by atoms with van der Waals surface area (Å²) in [5.74, 6) is 0. The van der Waals surface area contributed by atoms with Gasteiger partial charge in [0.1, 0.15) is 0 Å². The Morgan fingerprint density at radius 2 is 1.64 bits per heavy atom. The van der Waals surface area contributed by atoms with E-state index in [1.54, 1.807) is 6.07 Å². The number of halogens is 2. The molecule has 2 N–H and O–H groups in total. The van der Waals surface area contributed by atoms with Gasteiger partial charge in [-0.15, -0.1) is 0 Å². The first-order valence-corrected chi connectivity index (χ1v) is 5.38. The van der Waals surface area contributed by atoms with Gasteiger partial charge in [0.2, 0.25) is 0 Å². The second-order valence-corrected chi connectivity index (χ2v) is 4.95. The molecule has 1 rings (SSSR count). The number of benzene rings is 1. The molecule has 1 aromatic rings. The van der Waals surface area contributed by atoms with E-state index < -0.39 is 0 Å². The van der Waals surface area contributed by atoms with E-state index in [1.165, 1.54) is 0 Å². The predicted molar refractivity (Wildman–Crippen MR) is 63.2 cm³/mol. The zero-order chi connectivity index (χ0) is 10.8. The smallest absolute Gasteiger partial charge is 0.0423 e. The van der Waals surface area contributed by atoms with Crippen LogP contribution < -0.4 is 5.73 Å². The second-order valence-electron chi connectivity index (χ2n) is 4.08. The van der Waals surface area contributed by atoms with Crippen molar-refractivity contribution in [2.75, 3.05) is 6.54 Å². The lowest BCUT2D eigenvalue weighted by Crippen LogP contribution is -2.21. The minimum absolute atomic E-state index is 0.0310. The van der Waals surface area contributed by atoms with Crippen molar-refractivity contribution >= 4 is 23.2 Å². The van der Waals surface area contributed by atoms with Crippen LogP contribution in [0.1, 0.15) is 25.8 Å². The van der Waals surface area contributed by atoms with Crippen LogP contribution >= 0.6 is 23.2 Å². The van der Waals surface area contributed by atoms with Gasteiger partial charge in [0, 0.05) is 10.0 Å². The lowest BCUT2D eigenvalue weighted by Gasteiger charge is -2.24. The summed E-state index contributed by atoms with van der Waals surface area (Å²) in [4.78, 5) is 0. The minimum atomic E-state index is 0.0310. The normalized spacial score (nSPS) is 11.8. The van der Waals surface area contributed by atoms with Gasteiger partial charge >= 0.3 is 0 Å². The van der Waals surface area contributed by atoms with E-state index in [0.29, 0.717) is 16.6 Å². The molecule has 0 radical (unpaired) electrons. The van der Waals surface area contributed by atoms with Crippen molar-refractivity contribution in [2.45, 2.75) is 25.7 Å². The molecule has 0 bridgehead atoms. The predicted octanol–water partition coefficient (Wildman–Crippen LogP) is 3.62. The van der Waals surface area contributed by atoms with E-state index in [1.807, 2.05) is 12.1 Å². The Balaban J connectivity index is 3.05. The summed E-state index contributed by atoms with van der Waals surface area (Å²) in [7, 11) is 0. The Kier molecular flexibility index (Phi) is 3.82. The van der Waals surface area contributed by atoms with Gasteiger partial charge in [-0.05, 0) is 42.1 Å². The summed E-state index contributed by atoms with van der Waals surface area (Å²) in [6, 6.07) is 5.64. The maximum Gasteiger partial charge on any atom is 0.0423 e. The SMILES string of the molecule is CC(C)(CCN)c1cc(Cl)cc(Cl)c1. The fourth-order valence-electron chi connectivity index (χ4n) is 1.45. The van der Waals surface area contributed by atoms with Crippen LogP contribution in [0.25, 0.3) is 0 Å². The lowest BCUT2D eigenvalue weighted by atomic mass is 9.82. The summed E-state index contributed by atoms with van der Waals surface area (Å²) in [6.07, 6.45) is 0.920. The van der Waals surface area contributed by atoms with Crippen molar-refractivity contribution in [3.05, 3.63) is 33.8 Å². The standard InChI is InChI=1S/C11H15Cl2N/c1-11(2,3-4-14)8-5-9(12)7-10(13)6-8/h5-7H,3-4,14H2,1-2H3. The molecule has 3 heteroatoms. The van der Waals surface area contributed by atoms with Gasteiger partial charge in [-0.2, -0.15) is 0 Å². The first-order chi connectivity index (χ1) is 6.45. The molecule has 0 unspecified atom stereocenters. The third kappa shape index (κ3) is 2.88. The topological polar surface area (TPSA) is 26.0 Å². The first-order valence-electron chi connectivity index (χ1n) is 4.62. The summed E-state index contributed by atoms with van der Waals surface area (Å²) in [6.45, 7) is 4.95. The molecule has 0 aromatic heterocycles. The van der Waals surface area contributed by atoms with E-state index in [-0.39, 0.29) is 5.41 Å². The first kappa shape index (κ1) is 11.8. The van der Waals surface area contributed by atoms with Gasteiger partial charge in [-0.1, -0.05) is 37.0 Å². The van der Waals surface area contributed by atoms with E-state index in [2.05, 4.69) is 13.8 Å². The molecule has 0 spiro atoms. The highest BCUT2D eigenvalue weighted by Gasteiger charge is 2.20. The van der Waals surface area contributed by atoms with Crippen LogP contribution in [-0.4, -0.2) is 6.54 Å². The van der Waals surface area contributed by atoms with Crippen LogP contribution in [0.3, 0.4) is 0 Å². The number of hydrogen-bond donors (Lipinski definition) is 1. The molecule has 0 saturated heterocycles. The molecule has 1 aromatic carbocycles. The third-order valence-corrected chi connectivity index (χ3v) is 2.85. The monoisotopic (exact) mass is 231 g/mol. The summed E-state index contributed by atoms with van der Waals surface area (Å²) in [5, 5.41) is 1.36. The molecule has 78 valence electrons. The maximum absolute atomic E-state index is 5.94. The van der Waals surface area contributed by atoms with E-state index in [0.717, 1.165) is 12.0 Å². The van der Waals surface area contributed by atoms with Crippen molar-refractivity contribution in [3.63, 3.8) is 0 Å². The number of nitrogens with two attached hydrogens (primary N) is 1. The maximum atomic E-state index is 5.94. The van der Waals surface area contributed by atoms with Crippen LogP contribution in [0.4, 0.5) is 0 Å². The Morgan fingerprint density at radius 1 is 1.14 bits per heavy atom. The van der Waals surface area contributed by atoms with Crippen molar-refractivity contribution < 1.29 is 0 Å². The van der Waals surface area contributed by atoms with Crippen LogP contribution in [0.5, 0.6) is 0 Å². The van der Waals surface area contributed by atoms with E-state index in [4.69, 9.17) is 28.9 Å². The average molecular weight is 232 g/mol. The second kappa shape index (κ2) is 4.52. The molecule has 0 aliphatic rings. The Hall–Kier alpha value is -0.240. The van der Waals surface area contributed by atoms with Gasteiger partial charge in [0.15, 0.2) is 0 Å². The zero-order valence-electron chi connectivity index (χ0n) is 8.48. The molecular formula is C11H15Cl2N. The van der Waals surface area contributed by atoms with E-state index in [9.17, 15) is 0 Å². The Bertz CT molecular complexity index is 301. The van der Waals surface area contributed by atoms with Crippen molar-refractivity contribution in [1.29, 1.82) is 0 Å². The summed E-state index contributed by atoms with van der Waals surface area (Å²) < 4.78 is 0. The molecule has 0 aliphatic heterocycles. The quantitative estimate of drug-likeness (QED) is 0.846. The van der Waals surface area contributed by atoms with Gasteiger partial charge in [0.05, 0.1) is 0 Å². The van der Waals surface area contributed by atoms with Crippen LogP contribution in [-0.2, 0) is 5.41 Å². The van der Waals surface area contributed by atoms with E-state index >= 15 is 0 Å². The molecule has 0 aliphatic carbocycles. The summed E-state index contributed by atoms with van der Waals surface area (Å²) in [5.41, 5.74) is 6.73. The van der Waals surface area contributed by atoms with Gasteiger partial charge < -0.3 is 5.73 Å². The van der Waals surface area contributed by atoms with Crippen LogP contribution in [0, 0.1) is 0 Å². The molecule has 0 atom stereocenters. The van der Waals surface area contributed by atoms with Crippen molar-refractivity contribution in [3.8, 4) is 0 Å². The Labute approximate surface area is 95.2 Å². The van der Waals surface area contributed by atoms with Gasteiger partial charge in [0.25, 0.3) is 0 Å². The average Bonchev–Trinajstić information content (AvgIpc) is 2.02. The molecule has 14 heavy (non-hydrogen) atoms. The fourth-order valence-corrected chi connectivity index (χ4v) is 1.98. The summed E-state index contributed by atoms with van der Waals surface area (Å²) >= 11 is 11.9. The molecule has 1 nitrogen and oxygen atoms in total. The van der Waals surface area contributed by atoms with Gasteiger partial charge in [-0.25, -0.2) is 0 Å². The zero-order valence-corrected chi connectivity index (χ0v) is 9.99. The molecule has 0 heterocycles. The highest BCUT2D eigenvalue weighted by atomic mass is 35.5. The molecular weight excluding hydrogens is 217 g/mol. The molecule has 0 saturated carbocycles. The largest absolute Gasteiger partial charge is 0.330 e. The number of hydrogen-bond acceptors (Lipinski definition) is 1. The van der Waals surface area contributed by atoms with Crippen LogP contribution in [0.2, 0.25) is 10.0 Å². The van der Waals surface area contributed by atoms with Crippen molar-refractivity contribution in [1.82, 2.24) is 0 Å². The molecule has 0 fully saturated rings. The third-order valence-electron chi connectivity index (χ3n) is 2.41.